The van der Waals surface area contributed by atoms with Gasteiger partial charge in [0.1, 0.15) is 0 Å². The average Bonchev–Trinajstić information content (AvgIpc) is 2.54. The number of anilines is 1. The summed E-state index contributed by atoms with van der Waals surface area (Å²) in [5.41, 5.74) is 7.50. The minimum Gasteiger partial charge on any atom is -0.376 e. The summed E-state index contributed by atoms with van der Waals surface area (Å²) >= 11 is 5.24. The normalized spacial score (nSPS) is 20.4. The smallest absolute Gasteiger partial charge is 0.257 e. The first-order valence-corrected chi connectivity index (χ1v) is 8.61. The summed E-state index contributed by atoms with van der Waals surface area (Å²) in [6.45, 7) is 4.46. The Kier molecular flexibility index (Phi) is 6.65. The van der Waals surface area contributed by atoms with E-state index in [1.165, 1.54) is 24.8 Å². The Morgan fingerprint density at radius 2 is 1.87 bits per heavy atom. The highest BCUT2D eigenvalue weighted by Gasteiger charge is 2.21. The number of nitrogens with one attached hydrogen (secondary N) is 4. The number of rotatable bonds is 4. The third-order valence-electron chi connectivity index (χ3n) is 4.25. The molecule has 6 heteroatoms. The molecule has 0 radical (unpaired) electrons. The average molecular weight is 334 g/mol. The number of hydrazine groups is 1. The number of thiocarbonyl (C=S) groups is 1. The quantitative estimate of drug-likeness (QED) is 0.503. The van der Waals surface area contributed by atoms with Gasteiger partial charge in [0.2, 0.25) is 0 Å². The van der Waals surface area contributed by atoms with Gasteiger partial charge in [0.05, 0.1) is 6.54 Å². The van der Waals surface area contributed by atoms with Gasteiger partial charge in [-0.2, -0.15) is 0 Å². The molecule has 5 nitrogen and oxygen atoms in total. The van der Waals surface area contributed by atoms with Crippen LogP contribution in [-0.2, 0) is 4.79 Å². The van der Waals surface area contributed by atoms with Crippen LogP contribution in [0.5, 0.6) is 0 Å². The zero-order chi connectivity index (χ0) is 16.7. The molecular formula is C17H26N4OS. The second-order valence-electron chi connectivity index (χ2n) is 6.23. The van der Waals surface area contributed by atoms with Gasteiger partial charge in [0.25, 0.3) is 5.91 Å². The van der Waals surface area contributed by atoms with Gasteiger partial charge in [-0.25, -0.2) is 0 Å². The van der Waals surface area contributed by atoms with Crippen LogP contribution in [0.4, 0.5) is 5.69 Å². The van der Waals surface area contributed by atoms with E-state index in [4.69, 9.17) is 12.2 Å². The Bertz CT molecular complexity index is 532. The zero-order valence-corrected chi connectivity index (χ0v) is 14.6. The van der Waals surface area contributed by atoms with Crippen molar-refractivity contribution >= 4 is 28.9 Å². The van der Waals surface area contributed by atoms with Crippen molar-refractivity contribution in [1.29, 1.82) is 0 Å². The van der Waals surface area contributed by atoms with E-state index in [2.05, 4.69) is 28.4 Å². The highest BCUT2D eigenvalue weighted by molar-refractivity contribution is 7.80. The summed E-state index contributed by atoms with van der Waals surface area (Å²) in [5, 5.41) is 6.84. The number of hydrogen-bond donors (Lipinski definition) is 4. The molecule has 4 N–H and O–H groups in total. The summed E-state index contributed by atoms with van der Waals surface area (Å²) in [6, 6.07) is 8.30. The molecule has 0 aliphatic heterocycles. The van der Waals surface area contributed by atoms with Gasteiger partial charge in [-0.05, 0) is 50.0 Å². The van der Waals surface area contributed by atoms with Gasteiger partial charge < -0.3 is 10.6 Å². The molecule has 0 heterocycles. The fourth-order valence-corrected chi connectivity index (χ4v) is 2.96. The van der Waals surface area contributed by atoms with E-state index in [9.17, 15) is 4.79 Å². The second-order valence-corrected chi connectivity index (χ2v) is 6.64. The van der Waals surface area contributed by atoms with Crippen molar-refractivity contribution in [1.82, 2.24) is 16.2 Å². The van der Waals surface area contributed by atoms with E-state index in [-0.39, 0.29) is 12.5 Å². The summed E-state index contributed by atoms with van der Waals surface area (Å²) < 4.78 is 0. The lowest BCUT2D eigenvalue weighted by Gasteiger charge is -2.30. The highest BCUT2D eigenvalue weighted by atomic mass is 32.1. The second kappa shape index (κ2) is 8.72. The molecule has 1 amide bonds. The Morgan fingerprint density at radius 3 is 2.57 bits per heavy atom. The Balaban J connectivity index is 1.65. The number of amides is 1. The molecule has 23 heavy (non-hydrogen) atoms. The number of carbonyl (C=O) groups is 1. The van der Waals surface area contributed by atoms with Crippen LogP contribution in [0.25, 0.3) is 0 Å². The molecule has 0 spiro atoms. The molecule has 126 valence electrons. The van der Waals surface area contributed by atoms with Crippen LogP contribution in [-0.4, -0.2) is 23.6 Å². The van der Waals surface area contributed by atoms with E-state index in [1.807, 2.05) is 31.2 Å². The van der Waals surface area contributed by atoms with E-state index in [0.29, 0.717) is 17.1 Å². The molecule has 1 aromatic rings. The van der Waals surface area contributed by atoms with Crippen LogP contribution in [0.3, 0.4) is 0 Å². The summed E-state index contributed by atoms with van der Waals surface area (Å²) in [5.74, 6) is 0.453. The van der Waals surface area contributed by atoms with E-state index >= 15 is 0 Å². The Hall–Kier alpha value is -1.82. The van der Waals surface area contributed by atoms with Crippen molar-refractivity contribution in [3.8, 4) is 0 Å². The lowest BCUT2D eigenvalue weighted by atomic mass is 9.86. The van der Waals surface area contributed by atoms with Gasteiger partial charge in [-0.1, -0.05) is 37.5 Å². The first-order valence-electron chi connectivity index (χ1n) is 8.20. The topological polar surface area (TPSA) is 65.2 Å². The predicted molar refractivity (Wildman–Crippen MR) is 98.1 cm³/mol. The number of benzene rings is 1. The highest BCUT2D eigenvalue weighted by Crippen LogP contribution is 2.23. The SMILES string of the molecule is Cc1ccc(NCC(=O)NNC(=S)N[C@@H]2CCCC[C@@H]2C)cc1. The maximum atomic E-state index is 11.8. The molecule has 1 saturated carbocycles. The largest absolute Gasteiger partial charge is 0.376 e. The molecule has 2 rings (SSSR count). The number of carbonyl (C=O) groups excluding carboxylic acids is 1. The van der Waals surface area contributed by atoms with Crippen LogP contribution in [0.1, 0.15) is 38.2 Å². The standard InChI is InChI=1S/C17H26N4OS/c1-12-7-9-14(10-8-12)18-11-16(22)20-21-17(23)19-15-6-4-3-5-13(15)2/h7-10,13,15,18H,3-6,11H2,1-2H3,(H,20,22)(H2,19,21,23)/t13-,15+/m0/s1. The van der Waals surface area contributed by atoms with Gasteiger partial charge in [-0.3, -0.25) is 15.6 Å². The predicted octanol–water partition coefficient (Wildman–Crippen LogP) is 2.48. The molecule has 1 aromatic carbocycles. The first kappa shape index (κ1) is 17.5. The minimum atomic E-state index is -0.161. The summed E-state index contributed by atoms with van der Waals surface area (Å²) in [6.07, 6.45) is 4.89. The number of hydrogen-bond acceptors (Lipinski definition) is 3. The third kappa shape index (κ3) is 6.06. The maximum Gasteiger partial charge on any atom is 0.257 e. The zero-order valence-electron chi connectivity index (χ0n) is 13.8. The monoisotopic (exact) mass is 334 g/mol. The van der Waals surface area contributed by atoms with Crippen LogP contribution >= 0.6 is 12.2 Å². The van der Waals surface area contributed by atoms with Gasteiger partial charge in [-0.15, -0.1) is 0 Å². The molecule has 0 saturated heterocycles. The van der Waals surface area contributed by atoms with Crippen LogP contribution in [0, 0.1) is 12.8 Å². The fraction of sp³-hybridized carbons (Fsp3) is 0.529. The van der Waals surface area contributed by atoms with Crippen molar-refractivity contribution in [2.24, 2.45) is 5.92 Å². The van der Waals surface area contributed by atoms with Crippen LogP contribution in [0.2, 0.25) is 0 Å². The molecule has 2 atom stereocenters. The summed E-state index contributed by atoms with van der Waals surface area (Å²) in [4.78, 5) is 11.8. The lowest BCUT2D eigenvalue weighted by molar-refractivity contribution is -0.119. The van der Waals surface area contributed by atoms with Gasteiger partial charge in [0, 0.05) is 11.7 Å². The van der Waals surface area contributed by atoms with Crippen molar-refractivity contribution in [2.75, 3.05) is 11.9 Å². The van der Waals surface area contributed by atoms with Crippen molar-refractivity contribution in [3.63, 3.8) is 0 Å². The van der Waals surface area contributed by atoms with Crippen molar-refractivity contribution < 1.29 is 4.79 Å². The first-order chi connectivity index (χ1) is 11.0. The molecule has 0 unspecified atom stereocenters. The Morgan fingerprint density at radius 1 is 1.17 bits per heavy atom. The molecular weight excluding hydrogens is 308 g/mol. The van der Waals surface area contributed by atoms with Gasteiger partial charge in [0.15, 0.2) is 5.11 Å². The van der Waals surface area contributed by atoms with Crippen molar-refractivity contribution in [3.05, 3.63) is 29.8 Å². The number of aryl methyl sites for hydroxylation is 1. The van der Waals surface area contributed by atoms with Crippen LogP contribution < -0.4 is 21.5 Å². The van der Waals surface area contributed by atoms with Crippen molar-refractivity contribution in [2.45, 2.75) is 45.6 Å². The van der Waals surface area contributed by atoms with E-state index in [0.717, 1.165) is 12.1 Å². The Labute approximate surface area is 143 Å². The molecule has 0 aromatic heterocycles. The molecule has 0 bridgehead atoms. The van der Waals surface area contributed by atoms with Crippen LogP contribution in [0.15, 0.2) is 24.3 Å². The fourth-order valence-electron chi connectivity index (χ4n) is 2.76. The van der Waals surface area contributed by atoms with E-state index < -0.39 is 0 Å². The maximum absolute atomic E-state index is 11.8. The molecule has 1 fully saturated rings. The molecule has 1 aliphatic rings. The van der Waals surface area contributed by atoms with E-state index in [1.54, 1.807) is 0 Å². The third-order valence-corrected chi connectivity index (χ3v) is 4.47. The summed E-state index contributed by atoms with van der Waals surface area (Å²) in [7, 11) is 0. The lowest BCUT2D eigenvalue weighted by Crippen LogP contribution is -2.52. The minimum absolute atomic E-state index is 0.161. The molecule has 1 aliphatic carbocycles. The van der Waals surface area contributed by atoms with Gasteiger partial charge >= 0.3 is 0 Å².